The Morgan fingerprint density at radius 3 is 2.86 bits per heavy atom. The van der Waals surface area contributed by atoms with E-state index in [0.717, 1.165) is 21.5 Å². The molecule has 116 valence electrons. The summed E-state index contributed by atoms with van der Waals surface area (Å²) in [5, 5.41) is 10.0. The highest BCUT2D eigenvalue weighted by atomic mass is 32.1. The number of thiophene rings is 1. The molecule has 3 N–H and O–H groups in total. The highest BCUT2D eigenvalue weighted by Gasteiger charge is 2.36. The Bertz CT molecular complexity index is 784. The van der Waals surface area contributed by atoms with Gasteiger partial charge in [0, 0.05) is 17.6 Å². The van der Waals surface area contributed by atoms with Crippen molar-refractivity contribution in [3.05, 3.63) is 22.2 Å². The second-order valence-corrected chi connectivity index (χ2v) is 6.60. The number of carboxylic acids is 1. The first-order valence-corrected chi connectivity index (χ1v) is 7.91. The van der Waals surface area contributed by atoms with Crippen molar-refractivity contribution in [2.75, 3.05) is 12.3 Å². The van der Waals surface area contributed by atoms with Gasteiger partial charge in [0.2, 0.25) is 0 Å². The second kappa shape index (κ2) is 5.24. The first kappa shape index (κ1) is 14.8. The molecule has 0 saturated carbocycles. The van der Waals surface area contributed by atoms with Gasteiger partial charge < -0.3 is 15.7 Å². The Morgan fingerprint density at radius 2 is 2.18 bits per heavy atom. The minimum Gasteiger partial charge on any atom is -0.480 e. The zero-order chi connectivity index (χ0) is 16.0. The molecule has 3 rings (SSSR count). The van der Waals surface area contributed by atoms with Gasteiger partial charge in [-0.05, 0) is 38.3 Å². The molecule has 1 amide bonds. The quantitative estimate of drug-likeness (QED) is 0.884. The predicted octanol–water partition coefficient (Wildman–Crippen LogP) is 2.18. The van der Waals surface area contributed by atoms with Crippen molar-refractivity contribution in [1.82, 2.24) is 9.88 Å². The fraction of sp³-hybridized carbons (Fsp3) is 0.400. The molecule has 1 saturated heterocycles. The van der Waals surface area contributed by atoms with Crippen molar-refractivity contribution in [2.45, 2.75) is 32.7 Å². The van der Waals surface area contributed by atoms with Crippen molar-refractivity contribution < 1.29 is 14.7 Å². The number of aryl methyl sites for hydroxylation is 2. The lowest BCUT2D eigenvalue weighted by Crippen LogP contribution is -2.40. The fourth-order valence-corrected chi connectivity index (χ4v) is 4.20. The van der Waals surface area contributed by atoms with Crippen LogP contribution in [0.2, 0.25) is 0 Å². The van der Waals surface area contributed by atoms with Gasteiger partial charge in [0.1, 0.15) is 15.7 Å². The molecular formula is C15H17N3O3S. The molecule has 2 aromatic heterocycles. The summed E-state index contributed by atoms with van der Waals surface area (Å²) in [6.07, 6.45) is 1.19. The van der Waals surface area contributed by atoms with Crippen LogP contribution in [-0.4, -0.2) is 39.5 Å². The lowest BCUT2D eigenvalue weighted by molar-refractivity contribution is -0.141. The van der Waals surface area contributed by atoms with E-state index in [1.807, 2.05) is 19.9 Å². The van der Waals surface area contributed by atoms with Gasteiger partial charge >= 0.3 is 5.97 Å². The Kier molecular flexibility index (Phi) is 3.52. The molecule has 0 radical (unpaired) electrons. The van der Waals surface area contributed by atoms with Gasteiger partial charge in [0.25, 0.3) is 5.91 Å². The van der Waals surface area contributed by atoms with E-state index in [1.165, 1.54) is 16.2 Å². The van der Waals surface area contributed by atoms with Crippen LogP contribution in [-0.2, 0) is 4.79 Å². The Labute approximate surface area is 131 Å². The van der Waals surface area contributed by atoms with Crippen molar-refractivity contribution in [3.63, 3.8) is 0 Å². The lowest BCUT2D eigenvalue weighted by atomic mass is 10.1. The van der Waals surface area contributed by atoms with E-state index in [-0.39, 0.29) is 5.91 Å². The number of amides is 1. The van der Waals surface area contributed by atoms with Crippen molar-refractivity contribution in [3.8, 4) is 0 Å². The van der Waals surface area contributed by atoms with Crippen molar-refractivity contribution >= 4 is 39.1 Å². The molecule has 0 aromatic carbocycles. The van der Waals surface area contributed by atoms with Crippen LogP contribution in [0.3, 0.4) is 0 Å². The third-order valence-electron chi connectivity index (χ3n) is 4.02. The van der Waals surface area contributed by atoms with E-state index >= 15 is 0 Å². The molecule has 22 heavy (non-hydrogen) atoms. The summed E-state index contributed by atoms with van der Waals surface area (Å²) >= 11 is 1.24. The monoisotopic (exact) mass is 319 g/mol. The molecule has 0 bridgehead atoms. The Balaban J connectivity index is 2.07. The molecule has 1 atom stereocenters. The minimum atomic E-state index is -0.962. The van der Waals surface area contributed by atoms with Gasteiger partial charge in [0.05, 0.1) is 5.69 Å². The van der Waals surface area contributed by atoms with E-state index in [2.05, 4.69) is 4.98 Å². The molecule has 3 heterocycles. The number of nitrogens with two attached hydrogens (primary N) is 1. The first-order chi connectivity index (χ1) is 10.4. The maximum Gasteiger partial charge on any atom is 0.326 e. The normalized spacial score (nSPS) is 18.1. The summed E-state index contributed by atoms with van der Waals surface area (Å²) in [4.78, 5) is 30.9. The fourth-order valence-electron chi connectivity index (χ4n) is 3.02. The van der Waals surface area contributed by atoms with E-state index < -0.39 is 12.0 Å². The van der Waals surface area contributed by atoms with E-state index in [9.17, 15) is 14.7 Å². The Hall–Kier alpha value is -2.15. The number of rotatable bonds is 2. The molecule has 0 unspecified atom stereocenters. The molecular weight excluding hydrogens is 302 g/mol. The summed E-state index contributed by atoms with van der Waals surface area (Å²) in [5.41, 5.74) is 8.41. The van der Waals surface area contributed by atoms with Crippen molar-refractivity contribution in [1.29, 1.82) is 0 Å². The van der Waals surface area contributed by atoms with E-state index in [0.29, 0.717) is 30.0 Å². The number of carboxylic acid groups (broad SMARTS) is 1. The lowest BCUT2D eigenvalue weighted by Gasteiger charge is -2.20. The summed E-state index contributed by atoms with van der Waals surface area (Å²) in [5.74, 6) is -1.27. The zero-order valence-electron chi connectivity index (χ0n) is 12.4. The van der Waals surface area contributed by atoms with Gasteiger partial charge in [-0.15, -0.1) is 11.3 Å². The second-order valence-electron chi connectivity index (χ2n) is 5.60. The van der Waals surface area contributed by atoms with Crippen LogP contribution >= 0.6 is 11.3 Å². The SMILES string of the molecule is Cc1cc(C)c2c(N)c(C(=O)N3CCC[C@@H]3C(=O)O)sc2n1. The van der Waals surface area contributed by atoms with Crippen LogP contribution in [0.1, 0.15) is 33.8 Å². The Morgan fingerprint density at radius 1 is 1.45 bits per heavy atom. The van der Waals surface area contributed by atoms with Crippen molar-refractivity contribution in [2.24, 2.45) is 0 Å². The number of aromatic nitrogens is 1. The third-order valence-corrected chi connectivity index (χ3v) is 5.10. The highest BCUT2D eigenvalue weighted by molar-refractivity contribution is 7.21. The van der Waals surface area contributed by atoms with Crippen LogP contribution in [0.5, 0.6) is 0 Å². The zero-order valence-corrected chi connectivity index (χ0v) is 13.2. The van der Waals surface area contributed by atoms with Crippen LogP contribution in [0.15, 0.2) is 6.07 Å². The van der Waals surface area contributed by atoms with Gasteiger partial charge in [-0.25, -0.2) is 9.78 Å². The minimum absolute atomic E-state index is 0.303. The number of anilines is 1. The number of carbonyl (C=O) groups is 2. The van der Waals surface area contributed by atoms with Gasteiger partial charge in [-0.3, -0.25) is 4.79 Å². The molecule has 2 aromatic rings. The van der Waals surface area contributed by atoms with E-state index in [4.69, 9.17) is 5.73 Å². The number of fused-ring (bicyclic) bond motifs is 1. The summed E-state index contributed by atoms with van der Waals surface area (Å²) in [6.45, 7) is 4.28. The van der Waals surface area contributed by atoms with E-state index in [1.54, 1.807) is 0 Å². The molecule has 1 aliphatic rings. The number of hydrogen-bond donors (Lipinski definition) is 2. The summed E-state index contributed by atoms with van der Waals surface area (Å²) in [6, 6.07) is 1.17. The van der Waals surface area contributed by atoms with Gasteiger partial charge in [-0.2, -0.15) is 0 Å². The number of nitrogen functional groups attached to an aromatic ring is 1. The van der Waals surface area contributed by atoms with Gasteiger partial charge in [0.15, 0.2) is 0 Å². The average Bonchev–Trinajstić information content (AvgIpc) is 3.03. The molecule has 1 fully saturated rings. The topological polar surface area (TPSA) is 96.5 Å². The molecule has 0 spiro atoms. The molecule has 7 heteroatoms. The number of pyridine rings is 1. The standard InChI is InChI=1S/C15H17N3O3S/c1-7-6-8(2)17-13-10(7)11(16)12(22-13)14(19)18-5-3-4-9(18)15(20)21/h6,9H,3-5,16H2,1-2H3,(H,20,21)/t9-/m1/s1. The molecule has 6 nitrogen and oxygen atoms in total. The maximum absolute atomic E-state index is 12.7. The molecule has 0 aliphatic carbocycles. The number of carbonyl (C=O) groups excluding carboxylic acids is 1. The summed E-state index contributed by atoms with van der Waals surface area (Å²) < 4.78 is 0. The molecule has 1 aliphatic heterocycles. The largest absolute Gasteiger partial charge is 0.480 e. The highest BCUT2D eigenvalue weighted by Crippen LogP contribution is 2.36. The predicted molar refractivity (Wildman–Crippen MR) is 85.2 cm³/mol. The van der Waals surface area contributed by atoms with Crippen LogP contribution in [0.25, 0.3) is 10.2 Å². The number of aliphatic carboxylic acids is 1. The maximum atomic E-state index is 12.7. The first-order valence-electron chi connectivity index (χ1n) is 7.10. The van der Waals surface area contributed by atoms with Crippen LogP contribution in [0.4, 0.5) is 5.69 Å². The smallest absolute Gasteiger partial charge is 0.326 e. The summed E-state index contributed by atoms with van der Waals surface area (Å²) in [7, 11) is 0. The average molecular weight is 319 g/mol. The van der Waals surface area contributed by atoms with Gasteiger partial charge in [-0.1, -0.05) is 0 Å². The number of hydrogen-bond acceptors (Lipinski definition) is 5. The third kappa shape index (κ3) is 2.21. The van der Waals surface area contributed by atoms with Crippen LogP contribution in [0, 0.1) is 13.8 Å². The number of likely N-dealkylation sites (tertiary alicyclic amines) is 1. The number of nitrogens with zero attached hydrogens (tertiary/aromatic N) is 2. The van der Waals surface area contributed by atoms with Crippen LogP contribution < -0.4 is 5.73 Å².